The zero-order chi connectivity index (χ0) is 11.5. The summed E-state index contributed by atoms with van der Waals surface area (Å²) in [4.78, 5) is 12.1. The van der Waals surface area contributed by atoms with Crippen molar-refractivity contribution in [3.63, 3.8) is 0 Å². The number of carbonyl (C=O) groups excluding carboxylic acids is 1. The van der Waals surface area contributed by atoms with Gasteiger partial charge in [0.25, 0.3) is 0 Å². The van der Waals surface area contributed by atoms with E-state index in [9.17, 15) is 4.79 Å². The van der Waals surface area contributed by atoms with Crippen molar-refractivity contribution in [1.82, 2.24) is 0 Å². The van der Waals surface area contributed by atoms with Crippen LogP contribution < -0.4 is 5.73 Å². The third-order valence-corrected chi connectivity index (χ3v) is 2.95. The van der Waals surface area contributed by atoms with Crippen molar-refractivity contribution in [1.29, 1.82) is 0 Å². The average molecular weight is 229 g/mol. The van der Waals surface area contributed by atoms with Crippen LogP contribution in [0.3, 0.4) is 0 Å². The summed E-state index contributed by atoms with van der Waals surface area (Å²) in [6, 6.07) is 1.75. The Morgan fingerprint density at radius 1 is 1.73 bits per heavy atom. The predicted octanol–water partition coefficient (Wildman–Crippen LogP) is 0.787. The summed E-state index contributed by atoms with van der Waals surface area (Å²) in [5.74, 6) is -0.347. The summed E-state index contributed by atoms with van der Waals surface area (Å²) in [5, 5.41) is 10.7. The van der Waals surface area contributed by atoms with Crippen LogP contribution in [-0.2, 0) is 11.2 Å². The molecule has 0 aliphatic carbocycles. The molecule has 0 saturated heterocycles. The van der Waals surface area contributed by atoms with Crippen LogP contribution in [-0.4, -0.2) is 30.3 Å². The standard InChI is InChI=1S/C10H15NO3S/c1-10(11,6-12)4-8-3-7(5-15-8)9(13)14-2/h3,5,12H,4,6,11H2,1-2H3. The van der Waals surface area contributed by atoms with Crippen LogP contribution in [0.25, 0.3) is 0 Å². The maximum Gasteiger partial charge on any atom is 0.338 e. The van der Waals surface area contributed by atoms with Gasteiger partial charge in [-0.2, -0.15) is 0 Å². The molecule has 0 aliphatic heterocycles. The third-order valence-electron chi connectivity index (χ3n) is 2.01. The van der Waals surface area contributed by atoms with E-state index in [0.29, 0.717) is 12.0 Å². The molecule has 84 valence electrons. The zero-order valence-corrected chi connectivity index (χ0v) is 9.63. The van der Waals surface area contributed by atoms with E-state index in [1.165, 1.54) is 18.4 Å². The molecular formula is C10H15NO3S. The van der Waals surface area contributed by atoms with Gasteiger partial charge in [0.05, 0.1) is 19.3 Å². The highest BCUT2D eigenvalue weighted by Crippen LogP contribution is 2.19. The molecule has 4 nitrogen and oxygen atoms in total. The van der Waals surface area contributed by atoms with Gasteiger partial charge >= 0.3 is 5.97 Å². The fourth-order valence-electron chi connectivity index (χ4n) is 1.15. The summed E-state index contributed by atoms with van der Waals surface area (Å²) < 4.78 is 4.59. The van der Waals surface area contributed by atoms with Gasteiger partial charge in [-0.1, -0.05) is 0 Å². The number of methoxy groups -OCH3 is 1. The first-order chi connectivity index (χ1) is 6.98. The lowest BCUT2D eigenvalue weighted by Crippen LogP contribution is -2.42. The highest BCUT2D eigenvalue weighted by Gasteiger charge is 2.19. The predicted molar refractivity (Wildman–Crippen MR) is 59.0 cm³/mol. The number of aliphatic hydroxyl groups is 1. The van der Waals surface area contributed by atoms with Crippen LogP contribution >= 0.6 is 11.3 Å². The van der Waals surface area contributed by atoms with E-state index < -0.39 is 5.54 Å². The second kappa shape index (κ2) is 4.74. The highest BCUT2D eigenvalue weighted by atomic mass is 32.1. The first kappa shape index (κ1) is 12.2. The van der Waals surface area contributed by atoms with Gasteiger partial charge in [0.2, 0.25) is 0 Å². The van der Waals surface area contributed by atoms with Crippen LogP contribution in [0.1, 0.15) is 22.2 Å². The van der Waals surface area contributed by atoms with E-state index in [4.69, 9.17) is 10.8 Å². The van der Waals surface area contributed by atoms with Crippen molar-refractivity contribution in [2.45, 2.75) is 18.9 Å². The Kier molecular flexibility index (Phi) is 3.84. The highest BCUT2D eigenvalue weighted by molar-refractivity contribution is 7.10. The number of carbonyl (C=O) groups is 1. The summed E-state index contributed by atoms with van der Waals surface area (Å²) >= 11 is 1.44. The Hall–Kier alpha value is -0.910. The lowest BCUT2D eigenvalue weighted by molar-refractivity contribution is 0.0601. The summed E-state index contributed by atoms with van der Waals surface area (Å²) in [7, 11) is 1.35. The molecular weight excluding hydrogens is 214 g/mol. The lowest BCUT2D eigenvalue weighted by atomic mass is 9.99. The van der Waals surface area contributed by atoms with Crippen molar-refractivity contribution in [3.8, 4) is 0 Å². The number of esters is 1. The van der Waals surface area contributed by atoms with Crippen LogP contribution in [0.4, 0.5) is 0 Å². The van der Waals surface area contributed by atoms with Crippen molar-refractivity contribution >= 4 is 17.3 Å². The molecule has 0 aromatic carbocycles. The minimum atomic E-state index is -0.641. The molecule has 1 aromatic heterocycles. The van der Waals surface area contributed by atoms with Crippen LogP contribution in [0.5, 0.6) is 0 Å². The van der Waals surface area contributed by atoms with Gasteiger partial charge in [-0.25, -0.2) is 4.79 Å². The lowest BCUT2D eigenvalue weighted by Gasteiger charge is -2.20. The minimum Gasteiger partial charge on any atom is -0.465 e. The van der Waals surface area contributed by atoms with Crippen molar-refractivity contribution in [2.24, 2.45) is 5.73 Å². The number of nitrogens with two attached hydrogens (primary N) is 1. The molecule has 1 heterocycles. The van der Waals surface area contributed by atoms with E-state index in [2.05, 4.69) is 4.74 Å². The third kappa shape index (κ3) is 3.30. The molecule has 3 N–H and O–H groups in total. The minimum absolute atomic E-state index is 0.0849. The van der Waals surface area contributed by atoms with Gasteiger partial charge in [0.15, 0.2) is 0 Å². The molecule has 1 atom stereocenters. The number of rotatable bonds is 4. The average Bonchev–Trinajstić information content (AvgIpc) is 2.64. The molecule has 15 heavy (non-hydrogen) atoms. The van der Waals surface area contributed by atoms with Crippen molar-refractivity contribution in [2.75, 3.05) is 13.7 Å². The van der Waals surface area contributed by atoms with E-state index in [-0.39, 0.29) is 12.6 Å². The molecule has 1 unspecified atom stereocenters. The number of ether oxygens (including phenoxy) is 1. The number of aliphatic hydroxyl groups excluding tert-OH is 1. The molecule has 5 heteroatoms. The molecule has 1 rings (SSSR count). The van der Waals surface area contributed by atoms with Crippen molar-refractivity contribution in [3.05, 3.63) is 21.9 Å². The van der Waals surface area contributed by atoms with Gasteiger partial charge in [-0.05, 0) is 13.0 Å². The first-order valence-corrected chi connectivity index (χ1v) is 5.42. The maximum atomic E-state index is 11.2. The summed E-state index contributed by atoms with van der Waals surface area (Å²) in [5.41, 5.74) is 5.70. The number of thiophene rings is 1. The fourth-order valence-corrected chi connectivity index (χ4v) is 2.20. The molecule has 0 aliphatic rings. The van der Waals surface area contributed by atoms with Gasteiger partial charge in [-0.3, -0.25) is 0 Å². The van der Waals surface area contributed by atoms with Crippen LogP contribution in [0.15, 0.2) is 11.4 Å². The van der Waals surface area contributed by atoms with E-state index in [1.807, 2.05) is 0 Å². The number of hydrogen-bond donors (Lipinski definition) is 2. The van der Waals surface area contributed by atoms with E-state index in [0.717, 1.165) is 4.88 Å². The molecule has 0 amide bonds. The molecule has 0 radical (unpaired) electrons. The second-order valence-corrected chi connectivity index (χ2v) is 4.78. The Bertz CT molecular complexity index is 346. The fraction of sp³-hybridized carbons (Fsp3) is 0.500. The Labute approximate surface area is 92.7 Å². The smallest absolute Gasteiger partial charge is 0.338 e. The molecule has 0 fully saturated rings. The molecule has 0 spiro atoms. The van der Waals surface area contributed by atoms with E-state index in [1.54, 1.807) is 18.4 Å². The van der Waals surface area contributed by atoms with Gasteiger partial charge in [0, 0.05) is 22.2 Å². The largest absolute Gasteiger partial charge is 0.465 e. The molecule has 0 saturated carbocycles. The SMILES string of the molecule is COC(=O)c1csc(CC(C)(N)CO)c1. The monoisotopic (exact) mass is 229 g/mol. The normalized spacial score (nSPS) is 14.7. The quantitative estimate of drug-likeness (QED) is 0.749. The van der Waals surface area contributed by atoms with Crippen LogP contribution in [0, 0.1) is 0 Å². The van der Waals surface area contributed by atoms with Gasteiger partial charge < -0.3 is 15.6 Å². The first-order valence-electron chi connectivity index (χ1n) is 4.54. The second-order valence-electron chi connectivity index (χ2n) is 3.78. The number of hydrogen-bond acceptors (Lipinski definition) is 5. The maximum absolute atomic E-state index is 11.2. The molecule has 0 bridgehead atoms. The Morgan fingerprint density at radius 2 is 2.40 bits per heavy atom. The molecule has 1 aromatic rings. The summed E-state index contributed by atoms with van der Waals surface area (Å²) in [6.45, 7) is 1.68. The van der Waals surface area contributed by atoms with Gasteiger partial charge in [0.1, 0.15) is 0 Å². The Morgan fingerprint density at radius 3 is 2.93 bits per heavy atom. The zero-order valence-electron chi connectivity index (χ0n) is 8.82. The van der Waals surface area contributed by atoms with Crippen LogP contribution in [0.2, 0.25) is 0 Å². The summed E-state index contributed by atoms with van der Waals surface area (Å²) in [6.07, 6.45) is 0.547. The van der Waals surface area contributed by atoms with Crippen molar-refractivity contribution < 1.29 is 14.6 Å². The Balaban J connectivity index is 2.73. The topological polar surface area (TPSA) is 72.5 Å². The van der Waals surface area contributed by atoms with E-state index >= 15 is 0 Å². The van der Waals surface area contributed by atoms with Gasteiger partial charge in [-0.15, -0.1) is 11.3 Å².